The summed E-state index contributed by atoms with van der Waals surface area (Å²) in [4.78, 5) is 9.75. The third kappa shape index (κ3) is 3.22. The number of rotatable bonds is 2. The molecule has 0 atom stereocenters. The maximum atomic E-state index is 12.0. The highest BCUT2D eigenvalue weighted by Crippen LogP contribution is 2.32. The smallest absolute Gasteiger partial charge is 0.406 e. The highest BCUT2D eigenvalue weighted by molar-refractivity contribution is 14.1. The van der Waals surface area contributed by atoms with Crippen molar-refractivity contribution in [3.05, 3.63) is 31.4 Å². The van der Waals surface area contributed by atoms with E-state index in [0.29, 0.717) is 0 Å². The summed E-state index contributed by atoms with van der Waals surface area (Å²) in [6, 6.07) is 0.0623. The van der Waals surface area contributed by atoms with Gasteiger partial charge in [0.15, 0.2) is 0 Å². The zero-order valence-electron chi connectivity index (χ0n) is 8.76. The molecular formula is C8H5F3INO3. The fourth-order valence-corrected chi connectivity index (χ4v) is 1.45. The number of nitro benzene ring substituents is 1. The summed E-state index contributed by atoms with van der Waals surface area (Å²) in [6.07, 6.45) is -4.98. The summed E-state index contributed by atoms with van der Waals surface area (Å²) < 4.78 is 47.0. The van der Waals surface area contributed by atoms with Crippen LogP contribution in [0.4, 0.5) is 18.9 Å². The Morgan fingerprint density at radius 2 is 2.19 bits per heavy atom. The fraction of sp³-hybridized carbons (Fsp3) is 0.250. The molecule has 0 N–H and O–H groups in total. The SMILES string of the molecule is [2H]c1c(OC(F)(F)F)cc(C)c(I)c1[N+](=O)[O-]. The molecule has 1 aromatic carbocycles. The van der Waals surface area contributed by atoms with Crippen LogP contribution in [0.15, 0.2) is 12.1 Å². The average Bonchev–Trinajstić information content (AvgIpc) is 2.11. The van der Waals surface area contributed by atoms with E-state index in [4.69, 9.17) is 1.37 Å². The molecule has 0 spiro atoms. The van der Waals surface area contributed by atoms with E-state index in [-0.39, 0.29) is 9.13 Å². The molecule has 0 fully saturated rings. The van der Waals surface area contributed by atoms with Crippen LogP contribution >= 0.6 is 22.6 Å². The first-order chi connectivity index (χ1) is 7.63. The van der Waals surface area contributed by atoms with Crippen molar-refractivity contribution in [1.29, 1.82) is 0 Å². The van der Waals surface area contributed by atoms with Crippen molar-refractivity contribution in [2.45, 2.75) is 13.3 Å². The third-order valence-corrected chi connectivity index (χ3v) is 2.91. The monoisotopic (exact) mass is 348 g/mol. The molecular weight excluding hydrogens is 342 g/mol. The maximum absolute atomic E-state index is 12.0. The van der Waals surface area contributed by atoms with Crippen molar-refractivity contribution in [2.24, 2.45) is 0 Å². The van der Waals surface area contributed by atoms with Gasteiger partial charge in [0, 0.05) is 0 Å². The molecule has 0 heterocycles. The topological polar surface area (TPSA) is 52.4 Å². The van der Waals surface area contributed by atoms with Gasteiger partial charge >= 0.3 is 6.36 Å². The number of ether oxygens (including phenoxy) is 1. The van der Waals surface area contributed by atoms with Gasteiger partial charge in [-0.3, -0.25) is 10.1 Å². The number of hydrogen-bond donors (Lipinski definition) is 0. The summed E-state index contributed by atoms with van der Waals surface area (Å²) in [5.74, 6) is -0.873. The van der Waals surface area contributed by atoms with Crippen LogP contribution in [0.3, 0.4) is 0 Å². The predicted molar refractivity (Wildman–Crippen MR) is 57.2 cm³/mol. The third-order valence-electron chi connectivity index (χ3n) is 1.55. The van der Waals surface area contributed by atoms with Crippen molar-refractivity contribution in [1.82, 2.24) is 0 Å². The van der Waals surface area contributed by atoms with E-state index in [2.05, 4.69) is 4.74 Å². The van der Waals surface area contributed by atoms with E-state index < -0.39 is 28.8 Å². The van der Waals surface area contributed by atoms with E-state index in [0.717, 1.165) is 6.07 Å². The molecule has 88 valence electrons. The Morgan fingerprint density at radius 3 is 2.62 bits per heavy atom. The first kappa shape index (κ1) is 11.4. The van der Waals surface area contributed by atoms with Crippen LogP contribution in [-0.2, 0) is 0 Å². The molecule has 0 radical (unpaired) electrons. The van der Waals surface area contributed by atoms with Gasteiger partial charge in [0.2, 0.25) is 0 Å². The molecule has 4 nitrogen and oxygen atoms in total. The molecule has 0 aromatic heterocycles. The predicted octanol–water partition coefficient (Wildman–Crippen LogP) is 3.41. The number of nitrogens with zero attached hydrogens (tertiary/aromatic N) is 1. The van der Waals surface area contributed by atoms with Crippen LogP contribution in [0.25, 0.3) is 0 Å². The zero-order chi connectivity index (χ0) is 13.4. The van der Waals surface area contributed by atoms with E-state index in [1.165, 1.54) is 6.92 Å². The van der Waals surface area contributed by atoms with Crippen molar-refractivity contribution in [3.63, 3.8) is 0 Å². The summed E-state index contributed by atoms with van der Waals surface area (Å²) in [7, 11) is 0. The van der Waals surface area contributed by atoms with Crippen LogP contribution in [0.2, 0.25) is 0 Å². The first-order valence-electron chi connectivity index (χ1n) is 4.33. The molecule has 0 amide bonds. The molecule has 8 heteroatoms. The van der Waals surface area contributed by atoms with Gasteiger partial charge < -0.3 is 4.74 Å². The van der Waals surface area contributed by atoms with Gasteiger partial charge in [-0.1, -0.05) is 0 Å². The van der Waals surface area contributed by atoms with Gasteiger partial charge in [-0.25, -0.2) is 0 Å². The van der Waals surface area contributed by atoms with Crippen molar-refractivity contribution in [2.75, 3.05) is 0 Å². The average molecular weight is 348 g/mol. The summed E-state index contributed by atoms with van der Waals surface area (Å²) in [5, 5.41) is 10.7. The second-order valence-electron chi connectivity index (χ2n) is 2.78. The van der Waals surface area contributed by atoms with Gasteiger partial charge in [-0.05, 0) is 41.1 Å². The molecule has 0 aliphatic rings. The normalized spacial score (nSPS) is 12.2. The number of benzene rings is 1. The van der Waals surface area contributed by atoms with Crippen LogP contribution in [0, 0.1) is 20.6 Å². The van der Waals surface area contributed by atoms with E-state index in [1.807, 2.05) is 0 Å². The molecule has 0 unspecified atom stereocenters. The van der Waals surface area contributed by atoms with Gasteiger partial charge in [0.25, 0.3) is 5.69 Å². The maximum Gasteiger partial charge on any atom is 0.573 e. The number of halogens is 4. The molecule has 16 heavy (non-hydrogen) atoms. The molecule has 1 rings (SSSR count). The number of nitro groups is 1. The molecule has 1 aromatic rings. The lowest BCUT2D eigenvalue weighted by Gasteiger charge is -2.10. The largest absolute Gasteiger partial charge is 0.573 e. The van der Waals surface area contributed by atoms with E-state index in [9.17, 15) is 23.3 Å². The number of alkyl halides is 3. The van der Waals surface area contributed by atoms with Gasteiger partial charge in [0.1, 0.15) is 5.75 Å². The second-order valence-corrected chi connectivity index (χ2v) is 3.86. The Labute approximate surface area is 103 Å². The van der Waals surface area contributed by atoms with E-state index >= 15 is 0 Å². The van der Waals surface area contributed by atoms with Crippen LogP contribution in [0.1, 0.15) is 6.93 Å². The van der Waals surface area contributed by atoms with Crippen LogP contribution in [0.5, 0.6) is 5.75 Å². The number of hydrogen-bond acceptors (Lipinski definition) is 3. The van der Waals surface area contributed by atoms with Gasteiger partial charge in [-0.15, -0.1) is 13.2 Å². The Morgan fingerprint density at radius 1 is 1.62 bits per heavy atom. The molecule has 0 saturated heterocycles. The van der Waals surface area contributed by atoms with Crippen molar-refractivity contribution >= 4 is 28.3 Å². The van der Waals surface area contributed by atoms with E-state index in [1.54, 1.807) is 22.6 Å². The molecule has 0 saturated carbocycles. The van der Waals surface area contributed by atoms with Gasteiger partial charge in [0.05, 0.1) is 15.9 Å². The Kier molecular flexibility index (Phi) is 3.17. The lowest BCUT2D eigenvalue weighted by atomic mass is 10.2. The summed E-state index contributed by atoms with van der Waals surface area (Å²) in [6.45, 7) is 1.40. The standard InChI is InChI=1S/C8H5F3INO3/c1-4-2-5(16-8(9,10)11)3-6(7(4)12)13(14)15/h2-3H,1H3/i3D. The summed E-state index contributed by atoms with van der Waals surface area (Å²) in [5.41, 5.74) is -0.447. The Bertz CT molecular complexity index is 478. The molecule has 0 aliphatic carbocycles. The summed E-state index contributed by atoms with van der Waals surface area (Å²) >= 11 is 1.60. The molecule has 0 aliphatic heterocycles. The Balaban J connectivity index is 3.40. The van der Waals surface area contributed by atoms with Crippen molar-refractivity contribution < 1.29 is 24.2 Å². The lowest BCUT2D eigenvalue weighted by molar-refractivity contribution is -0.386. The Hall–Kier alpha value is -1.06. The highest BCUT2D eigenvalue weighted by Gasteiger charge is 2.32. The minimum Gasteiger partial charge on any atom is -0.406 e. The van der Waals surface area contributed by atoms with Crippen LogP contribution < -0.4 is 4.74 Å². The van der Waals surface area contributed by atoms with Gasteiger partial charge in [-0.2, -0.15) is 0 Å². The second kappa shape index (κ2) is 4.44. The fourth-order valence-electron chi connectivity index (χ4n) is 0.960. The number of aryl methyl sites for hydroxylation is 1. The minimum atomic E-state index is -4.98. The minimum absolute atomic E-state index is 0.118. The highest BCUT2D eigenvalue weighted by atomic mass is 127. The van der Waals surface area contributed by atoms with Crippen molar-refractivity contribution in [3.8, 4) is 5.75 Å². The lowest BCUT2D eigenvalue weighted by Crippen LogP contribution is -2.17. The quantitative estimate of drug-likeness (QED) is 0.468. The zero-order valence-corrected chi connectivity index (χ0v) is 9.92. The first-order valence-corrected chi connectivity index (χ1v) is 4.91. The molecule has 0 bridgehead atoms. The van der Waals surface area contributed by atoms with Crippen LogP contribution in [-0.4, -0.2) is 11.3 Å².